The number of aromatic nitrogens is 2. The molecule has 1 N–H and O–H groups in total. The molecule has 0 radical (unpaired) electrons. The number of ether oxygens (including phenoxy) is 1. The predicted molar refractivity (Wildman–Crippen MR) is 135 cm³/mol. The maximum atomic E-state index is 10.9. The first-order valence-corrected chi connectivity index (χ1v) is 12.7. The molecule has 35 heavy (non-hydrogen) atoms. The van der Waals surface area contributed by atoms with Gasteiger partial charge in [-0.25, -0.2) is 4.98 Å². The van der Waals surface area contributed by atoms with E-state index in [1.807, 2.05) is 44.3 Å². The van der Waals surface area contributed by atoms with Crippen molar-refractivity contribution >= 4 is 5.97 Å². The lowest BCUT2D eigenvalue weighted by Gasteiger charge is -2.26. The first-order valence-electron chi connectivity index (χ1n) is 12.7. The van der Waals surface area contributed by atoms with E-state index in [0.29, 0.717) is 18.3 Å². The first kappa shape index (κ1) is 25.0. The molecule has 0 amide bonds. The maximum Gasteiger partial charge on any atom is 0.303 e. The summed E-state index contributed by atoms with van der Waals surface area (Å²) >= 11 is 0. The van der Waals surface area contributed by atoms with Gasteiger partial charge in [0, 0.05) is 30.1 Å². The smallest absolute Gasteiger partial charge is 0.303 e. The minimum Gasteiger partial charge on any atom is -0.483 e. The maximum absolute atomic E-state index is 10.9. The molecule has 1 aliphatic carbocycles. The molecule has 1 saturated carbocycles. The minimum absolute atomic E-state index is 0.125. The molecule has 2 heterocycles. The molecule has 6 nitrogen and oxygen atoms in total. The molecular weight excluding hydrogens is 440 g/mol. The van der Waals surface area contributed by atoms with Crippen molar-refractivity contribution in [2.45, 2.75) is 90.1 Å². The molecule has 1 fully saturated rings. The quantitative estimate of drug-likeness (QED) is 0.354. The summed E-state index contributed by atoms with van der Waals surface area (Å²) in [7, 11) is 0. The van der Waals surface area contributed by atoms with Crippen molar-refractivity contribution in [3.05, 3.63) is 76.8 Å². The van der Waals surface area contributed by atoms with E-state index in [1.165, 1.54) is 5.69 Å². The highest BCUT2D eigenvalue weighted by Gasteiger charge is 2.30. The van der Waals surface area contributed by atoms with Crippen LogP contribution < -0.4 is 4.74 Å². The number of benzene rings is 1. The molecule has 186 valence electrons. The lowest BCUT2D eigenvalue weighted by atomic mass is 9.80. The molecule has 1 aliphatic rings. The van der Waals surface area contributed by atoms with E-state index in [9.17, 15) is 4.79 Å². The number of nitrogens with zero attached hydrogens (tertiary/aromatic N) is 2. The van der Waals surface area contributed by atoms with Crippen LogP contribution in [0.15, 0.2) is 47.0 Å². The van der Waals surface area contributed by atoms with E-state index in [1.54, 1.807) is 0 Å². The summed E-state index contributed by atoms with van der Waals surface area (Å²) < 4.78 is 12.7. The van der Waals surface area contributed by atoms with Crippen LogP contribution in [0.1, 0.15) is 111 Å². The molecular formula is C29H36N2O4. The van der Waals surface area contributed by atoms with Crippen LogP contribution in [-0.2, 0) is 11.2 Å². The van der Waals surface area contributed by atoms with Gasteiger partial charge in [-0.3, -0.25) is 9.78 Å². The van der Waals surface area contributed by atoms with Gasteiger partial charge < -0.3 is 14.3 Å². The first-order chi connectivity index (χ1) is 16.8. The normalized spacial score (nSPS) is 19.0. The fourth-order valence-corrected chi connectivity index (χ4v) is 5.02. The van der Waals surface area contributed by atoms with Crippen molar-refractivity contribution < 1.29 is 19.1 Å². The number of carbonyl (C=O) groups is 1. The zero-order valence-electron chi connectivity index (χ0n) is 21.2. The van der Waals surface area contributed by atoms with Crippen LogP contribution in [0.5, 0.6) is 5.75 Å². The average molecular weight is 477 g/mol. The lowest BCUT2D eigenvalue weighted by Crippen LogP contribution is -2.13. The number of aliphatic carboxylic acids is 1. The average Bonchev–Trinajstić information content (AvgIpc) is 3.30. The second kappa shape index (κ2) is 11.1. The Morgan fingerprint density at radius 1 is 1.11 bits per heavy atom. The third kappa shape index (κ3) is 6.11. The number of hydrogen-bond acceptors (Lipinski definition) is 5. The van der Waals surface area contributed by atoms with Gasteiger partial charge in [-0.2, -0.15) is 0 Å². The third-order valence-corrected chi connectivity index (χ3v) is 7.03. The Hall–Kier alpha value is -3.15. The number of carboxylic acid groups (broad SMARTS) is 1. The predicted octanol–water partition coefficient (Wildman–Crippen LogP) is 7.10. The van der Waals surface area contributed by atoms with Crippen LogP contribution >= 0.6 is 0 Å². The summed E-state index contributed by atoms with van der Waals surface area (Å²) in [5.74, 6) is 2.66. The molecule has 1 unspecified atom stereocenters. The van der Waals surface area contributed by atoms with Crippen molar-refractivity contribution in [1.29, 1.82) is 0 Å². The highest BCUT2D eigenvalue weighted by molar-refractivity contribution is 5.67. The van der Waals surface area contributed by atoms with Crippen LogP contribution in [0.2, 0.25) is 0 Å². The molecule has 6 heteroatoms. The number of aryl methyl sites for hydroxylation is 2. The molecule has 1 atom stereocenters. The molecule has 1 aromatic carbocycles. The summed E-state index contributed by atoms with van der Waals surface area (Å²) in [5.41, 5.74) is 4.21. The van der Waals surface area contributed by atoms with E-state index in [0.717, 1.165) is 59.9 Å². The fraction of sp³-hybridized carbons (Fsp3) is 0.483. The number of carboxylic acids is 1. The monoisotopic (exact) mass is 476 g/mol. The lowest BCUT2D eigenvalue weighted by molar-refractivity contribution is -0.136. The number of pyridine rings is 1. The van der Waals surface area contributed by atoms with Crippen molar-refractivity contribution in [1.82, 2.24) is 9.97 Å². The fourth-order valence-electron chi connectivity index (χ4n) is 5.02. The number of rotatable bonds is 9. The van der Waals surface area contributed by atoms with E-state index < -0.39 is 5.97 Å². The van der Waals surface area contributed by atoms with Gasteiger partial charge in [-0.05, 0) is 87.3 Å². The highest BCUT2D eigenvalue weighted by atomic mass is 16.5. The molecule has 2 aromatic heterocycles. The Kier molecular flexibility index (Phi) is 7.89. The van der Waals surface area contributed by atoms with Crippen LogP contribution in [-0.4, -0.2) is 21.0 Å². The van der Waals surface area contributed by atoms with Crippen molar-refractivity contribution in [2.24, 2.45) is 0 Å². The Labute approximate surface area is 207 Å². The third-order valence-electron chi connectivity index (χ3n) is 7.03. The van der Waals surface area contributed by atoms with Gasteiger partial charge >= 0.3 is 5.97 Å². The van der Waals surface area contributed by atoms with Crippen LogP contribution in [0, 0.1) is 6.92 Å². The Morgan fingerprint density at radius 3 is 2.49 bits per heavy atom. The second-order valence-electron chi connectivity index (χ2n) is 10.0. The summed E-state index contributed by atoms with van der Waals surface area (Å²) in [6.07, 6.45) is 6.52. The molecule has 0 aliphatic heterocycles. The van der Waals surface area contributed by atoms with Gasteiger partial charge in [0.15, 0.2) is 17.8 Å². The van der Waals surface area contributed by atoms with Crippen LogP contribution in [0.3, 0.4) is 0 Å². The van der Waals surface area contributed by atoms with Crippen molar-refractivity contribution in [3.8, 4) is 5.75 Å². The topological polar surface area (TPSA) is 85.5 Å². The van der Waals surface area contributed by atoms with Gasteiger partial charge in [0.1, 0.15) is 5.75 Å². The summed E-state index contributed by atoms with van der Waals surface area (Å²) in [4.78, 5) is 20.4. The van der Waals surface area contributed by atoms with Crippen molar-refractivity contribution in [2.75, 3.05) is 0 Å². The summed E-state index contributed by atoms with van der Waals surface area (Å²) in [6, 6.07) is 12.0. The SMILES string of the molecule is Cc1cc(OC(C)c2oc(C3CCC(c4ccccn4)CC3)nc2C(C)C)ccc1CCC(=O)O. The zero-order chi connectivity index (χ0) is 24.9. The Bertz CT molecular complexity index is 1130. The van der Waals surface area contributed by atoms with Gasteiger partial charge in [0.2, 0.25) is 0 Å². The van der Waals surface area contributed by atoms with Crippen LogP contribution in [0.25, 0.3) is 0 Å². The molecule has 0 bridgehead atoms. The standard InChI is InChI=1S/C29H36N2O4/c1-18(2)27-28(20(4)34-24-14-12-21(19(3)17-24)13-15-26(32)33)35-29(31-27)23-10-8-22(9-11-23)25-7-5-6-16-30-25/h5-7,12,14,16-18,20,22-23H,8-11,13,15H2,1-4H3,(H,32,33). The van der Waals surface area contributed by atoms with Crippen LogP contribution in [0.4, 0.5) is 0 Å². The Balaban J connectivity index is 1.45. The van der Waals surface area contributed by atoms with Gasteiger partial charge in [0.05, 0.1) is 5.69 Å². The van der Waals surface area contributed by atoms with Gasteiger partial charge in [-0.15, -0.1) is 0 Å². The second-order valence-corrected chi connectivity index (χ2v) is 10.0. The number of oxazole rings is 1. The zero-order valence-corrected chi connectivity index (χ0v) is 21.2. The molecule has 0 saturated heterocycles. The molecule has 0 spiro atoms. The van der Waals surface area contributed by atoms with E-state index in [-0.39, 0.29) is 18.4 Å². The molecule has 3 aromatic rings. The van der Waals surface area contributed by atoms with Crippen molar-refractivity contribution in [3.63, 3.8) is 0 Å². The minimum atomic E-state index is -0.786. The highest BCUT2D eigenvalue weighted by Crippen LogP contribution is 2.41. The number of hydrogen-bond donors (Lipinski definition) is 1. The summed E-state index contributed by atoms with van der Waals surface area (Å²) in [5, 5.41) is 8.95. The van der Waals surface area contributed by atoms with E-state index in [4.69, 9.17) is 19.2 Å². The van der Waals surface area contributed by atoms with Gasteiger partial charge in [-0.1, -0.05) is 26.0 Å². The van der Waals surface area contributed by atoms with Gasteiger partial charge in [0.25, 0.3) is 0 Å². The van der Waals surface area contributed by atoms with E-state index >= 15 is 0 Å². The van der Waals surface area contributed by atoms with E-state index in [2.05, 4.69) is 31.0 Å². The molecule has 4 rings (SSSR count). The summed E-state index contributed by atoms with van der Waals surface area (Å²) in [6.45, 7) is 8.26. The largest absolute Gasteiger partial charge is 0.483 e. The Morgan fingerprint density at radius 2 is 1.86 bits per heavy atom.